The van der Waals surface area contributed by atoms with Crippen LogP contribution in [0.25, 0.3) is 0 Å². The first-order valence-corrected chi connectivity index (χ1v) is 10.5. The van der Waals surface area contributed by atoms with Crippen molar-refractivity contribution in [3.63, 3.8) is 0 Å². The Balaban J connectivity index is 1.40. The standard InChI is InChI=1S/C21H27N5O4/c22-14-6-9-25(10-7-14)11-8-23-12-13-2-1-3-15-18(13)21(30)26(20(15)29)16-4-5-17(27)24-19(16)28/h1-3,14,16,23H,4-12,22H2,(H,24,27,28). The minimum atomic E-state index is -0.943. The van der Waals surface area contributed by atoms with Gasteiger partial charge in [0.15, 0.2) is 0 Å². The van der Waals surface area contributed by atoms with Gasteiger partial charge in [0.1, 0.15) is 6.04 Å². The fourth-order valence-corrected chi connectivity index (χ4v) is 4.37. The predicted molar refractivity (Wildman–Crippen MR) is 108 cm³/mol. The Morgan fingerprint density at radius 3 is 2.57 bits per heavy atom. The first-order valence-electron chi connectivity index (χ1n) is 10.5. The number of nitrogens with zero attached hydrogens (tertiary/aromatic N) is 2. The minimum Gasteiger partial charge on any atom is -0.328 e. The van der Waals surface area contributed by atoms with Crippen LogP contribution in [-0.2, 0) is 16.1 Å². The third kappa shape index (κ3) is 4.00. The zero-order valence-electron chi connectivity index (χ0n) is 16.9. The number of hydrogen-bond acceptors (Lipinski definition) is 7. The molecule has 1 unspecified atom stereocenters. The van der Waals surface area contributed by atoms with Crippen LogP contribution in [0.5, 0.6) is 0 Å². The van der Waals surface area contributed by atoms with Crippen molar-refractivity contribution < 1.29 is 19.2 Å². The van der Waals surface area contributed by atoms with Gasteiger partial charge in [0.05, 0.1) is 11.1 Å². The summed E-state index contributed by atoms with van der Waals surface area (Å²) in [7, 11) is 0. The largest absolute Gasteiger partial charge is 0.328 e. The molecular formula is C21H27N5O4. The average Bonchev–Trinajstić information content (AvgIpc) is 2.98. The van der Waals surface area contributed by atoms with Gasteiger partial charge in [0.2, 0.25) is 11.8 Å². The summed E-state index contributed by atoms with van der Waals surface area (Å²) >= 11 is 0. The SMILES string of the molecule is NC1CCN(CCNCc2cccc3c2C(=O)N(C2CCC(=O)NC2=O)C3=O)CC1. The van der Waals surface area contributed by atoms with Gasteiger partial charge >= 0.3 is 0 Å². The highest BCUT2D eigenvalue weighted by molar-refractivity contribution is 6.24. The van der Waals surface area contributed by atoms with Crippen molar-refractivity contribution in [3.8, 4) is 0 Å². The number of nitrogens with one attached hydrogen (secondary N) is 2. The van der Waals surface area contributed by atoms with Crippen molar-refractivity contribution in [3.05, 3.63) is 34.9 Å². The molecule has 160 valence electrons. The lowest BCUT2D eigenvalue weighted by Crippen LogP contribution is -2.54. The van der Waals surface area contributed by atoms with E-state index in [1.807, 2.05) is 6.07 Å². The highest BCUT2D eigenvalue weighted by Crippen LogP contribution is 2.29. The molecule has 4 amide bonds. The van der Waals surface area contributed by atoms with Crippen LogP contribution >= 0.6 is 0 Å². The van der Waals surface area contributed by atoms with Crippen LogP contribution in [0.3, 0.4) is 0 Å². The third-order valence-corrected chi connectivity index (χ3v) is 6.11. The number of nitrogens with two attached hydrogens (primary N) is 1. The van der Waals surface area contributed by atoms with Gasteiger partial charge in [0, 0.05) is 32.1 Å². The van der Waals surface area contributed by atoms with E-state index in [4.69, 9.17) is 5.73 Å². The van der Waals surface area contributed by atoms with Gasteiger partial charge in [0.25, 0.3) is 11.8 Å². The van der Waals surface area contributed by atoms with Gasteiger partial charge in [-0.1, -0.05) is 12.1 Å². The molecule has 0 radical (unpaired) electrons. The normalized spacial score (nSPS) is 23.1. The van der Waals surface area contributed by atoms with Crippen LogP contribution in [-0.4, -0.2) is 71.7 Å². The van der Waals surface area contributed by atoms with Crippen molar-refractivity contribution >= 4 is 23.6 Å². The monoisotopic (exact) mass is 413 g/mol. The maximum absolute atomic E-state index is 13.1. The first kappa shape index (κ1) is 20.6. The van der Waals surface area contributed by atoms with Crippen molar-refractivity contribution in [2.75, 3.05) is 26.2 Å². The van der Waals surface area contributed by atoms with Gasteiger partial charge in [-0.05, 0) is 44.0 Å². The third-order valence-electron chi connectivity index (χ3n) is 6.11. The van der Waals surface area contributed by atoms with E-state index < -0.39 is 23.8 Å². The molecule has 0 spiro atoms. The molecule has 1 atom stereocenters. The highest BCUT2D eigenvalue weighted by atomic mass is 16.2. The Labute approximate surface area is 174 Å². The number of carbonyl (C=O) groups excluding carboxylic acids is 4. The van der Waals surface area contributed by atoms with Gasteiger partial charge in [-0.2, -0.15) is 0 Å². The molecule has 0 aromatic heterocycles. The number of fused-ring (bicyclic) bond motifs is 1. The lowest BCUT2D eigenvalue weighted by Gasteiger charge is -2.30. The summed E-state index contributed by atoms with van der Waals surface area (Å²) in [5.74, 6) is -1.92. The molecule has 2 saturated heterocycles. The second-order valence-corrected chi connectivity index (χ2v) is 8.14. The number of hydrogen-bond donors (Lipinski definition) is 3. The van der Waals surface area contributed by atoms with E-state index in [1.165, 1.54) is 0 Å². The maximum Gasteiger partial charge on any atom is 0.262 e. The van der Waals surface area contributed by atoms with Gasteiger partial charge in [-0.25, -0.2) is 0 Å². The quantitative estimate of drug-likeness (QED) is 0.428. The van der Waals surface area contributed by atoms with Gasteiger partial charge < -0.3 is 16.0 Å². The van der Waals surface area contributed by atoms with Crippen LogP contribution in [0.2, 0.25) is 0 Å². The van der Waals surface area contributed by atoms with E-state index in [0.717, 1.165) is 49.5 Å². The molecule has 1 aromatic carbocycles. The van der Waals surface area contributed by atoms with Crippen LogP contribution < -0.4 is 16.4 Å². The van der Waals surface area contributed by atoms with E-state index in [1.54, 1.807) is 12.1 Å². The maximum atomic E-state index is 13.1. The molecule has 3 aliphatic rings. The zero-order valence-corrected chi connectivity index (χ0v) is 16.9. The fourth-order valence-electron chi connectivity index (χ4n) is 4.37. The second kappa shape index (κ2) is 8.63. The van der Waals surface area contributed by atoms with Crippen LogP contribution in [0.15, 0.2) is 18.2 Å². The Hall–Kier alpha value is -2.62. The van der Waals surface area contributed by atoms with Crippen LogP contribution in [0.1, 0.15) is 52.0 Å². The summed E-state index contributed by atoms with van der Waals surface area (Å²) in [5, 5.41) is 5.57. The number of piperidine rings is 2. The summed E-state index contributed by atoms with van der Waals surface area (Å²) in [6.45, 7) is 4.11. The van der Waals surface area contributed by atoms with Gasteiger partial charge in [-0.3, -0.25) is 29.4 Å². The zero-order chi connectivity index (χ0) is 21.3. The highest BCUT2D eigenvalue weighted by Gasteiger charge is 2.45. The molecule has 3 aliphatic heterocycles. The molecule has 1 aromatic rings. The van der Waals surface area contributed by atoms with Crippen molar-refractivity contribution in [1.82, 2.24) is 20.4 Å². The van der Waals surface area contributed by atoms with E-state index in [9.17, 15) is 19.2 Å². The smallest absolute Gasteiger partial charge is 0.262 e. The number of benzene rings is 1. The number of imide groups is 2. The number of likely N-dealkylation sites (tertiary alicyclic amines) is 1. The molecule has 3 heterocycles. The Bertz CT molecular complexity index is 878. The Morgan fingerprint density at radius 1 is 1.07 bits per heavy atom. The lowest BCUT2D eigenvalue weighted by atomic mass is 10.0. The van der Waals surface area contributed by atoms with E-state index in [0.29, 0.717) is 23.7 Å². The molecule has 0 saturated carbocycles. The number of carbonyl (C=O) groups is 4. The van der Waals surface area contributed by atoms with Crippen molar-refractivity contribution in [2.24, 2.45) is 5.73 Å². The first-order chi connectivity index (χ1) is 14.5. The molecule has 4 rings (SSSR count). The molecule has 2 fully saturated rings. The fraction of sp³-hybridized carbons (Fsp3) is 0.524. The van der Waals surface area contributed by atoms with Gasteiger partial charge in [-0.15, -0.1) is 0 Å². The molecule has 4 N–H and O–H groups in total. The summed E-state index contributed by atoms with van der Waals surface area (Å²) in [6.07, 6.45) is 2.29. The van der Waals surface area contributed by atoms with E-state index >= 15 is 0 Å². The predicted octanol–water partition coefficient (Wildman–Crippen LogP) is -0.399. The molecule has 0 bridgehead atoms. The van der Waals surface area contributed by atoms with Crippen LogP contribution in [0.4, 0.5) is 0 Å². The van der Waals surface area contributed by atoms with Crippen LogP contribution in [0, 0.1) is 0 Å². The van der Waals surface area contributed by atoms with E-state index in [2.05, 4.69) is 15.5 Å². The minimum absolute atomic E-state index is 0.111. The Morgan fingerprint density at radius 2 is 1.83 bits per heavy atom. The summed E-state index contributed by atoms with van der Waals surface area (Å²) in [4.78, 5) is 52.9. The van der Waals surface area contributed by atoms with Crippen molar-refractivity contribution in [1.29, 1.82) is 0 Å². The lowest BCUT2D eigenvalue weighted by molar-refractivity contribution is -0.136. The molecule has 9 nitrogen and oxygen atoms in total. The molecule has 0 aliphatic carbocycles. The molecule has 30 heavy (non-hydrogen) atoms. The summed E-state index contributed by atoms with van der Waals surface area (Å²) in [5.41, 5.74) is 7.34. The number of amides is 4. The molecular weight excluding hydrogens is 386 g/mol. The second-order valence-electron chi connectivity index (χ2n) is 8.14. The average molecular weight is 413 g/mol. The summed E-state index contributed by atoms with van der Waals surface area (Å²) in [6, 6.07) is 4.55. The Kier molecular flexibility index (Phi) is 5.94. The van der Waals surface area contributed by atoms with E-state index in [-0.39, 0.29) is 18.7 Å². The van der Waals surface area contributed by atoms with Crippen molar-refractivity contribution in [2.45, 2.75) is 44.3 Å². The number of rotatable bonds is 6. The molecule has 9 heteroatoms. The summed E-state index contributed by atoms with van der Waals surface area (Å²) < 4.78 is 0. The topological polar surface area (TPSA) is 125 Å².